The first-order chi connectivity index (χ1) is 13.1. The first kappa shape index (κ1) is 21.8. The van der Waals surface area contributed by atoms with Gasteiger partial charge < -0.3 is 10.1 Å². The van der Waals surface area contributed by atoms with Crippen LogP contribution in [-0.4, -0.2) is 47.2 Å². The zero-order chi connectivity index (χ0) is 20.9. The molecule has 2 aromatic carbocycles. The highest BCUT2D eigenvalue weighted by Crippen LogP contribution is 2.19. The van der Waals surface area contributed by atoms with Crippen molar-refractivity contribution in [2.75, 3.05) is 25.5 Å². The maximum absolute atomic E-state index is 12.7. The summed E-state index contributed by atoms with van der Waals surface area (Å²) in [5.41, 5.74) is 0.315. The van der Waals surface area contributed by atoms with Gasteiger partial charge in [0.1, 0.15) is 5.75 Å². The summed E-state index contributed by atoms with van der Waals surface area (Å²) in [7, 11) is -6.23. The minimum absolute atomic E-state index is 0.0421. The summed E-state index contributed by atoms with van der Waals surface area (Å²) in [6, 6.07) is 11.1. The van der Waals surface area contributed by atoms with E-state index < -0.39 is 32.5 Å². The summed E-state index contributed by atoms with van der Waals surface area (Å²) in [5, 5.41) is 7.54. The van der Waals surface area contributed by atoms with Crippen LogP contribution in [0.15, 0.2) is 58.3 Å². The van der Waals surface area contributed by atoms with Crippen LogP contribution in [0, 0.1) is 0 Å². The van der Waals surface area contributed by atoms with Gasteiger partial charge in [-0.3, -0.25) is 4.79 Å². The van der Waals surface area contributed by atoms with Gasteiger partial charge in [0.2, 0.25) is 26.0 Å². The number of hydrogen-bond acceptors (Lipinski definition) is 6. The molecule has 0 aromatic heterocycles. The molecule has 0 bridgehead atoms. The van der Waals surface area contributed by atoms with E-state index in [9.17, 15) is 21.6 Å². The number of hydrogen-bond donors (Lipinski definition) is 2. The third-order valence-corrected chi connectivity index (χ3v) is 6.70. The largest absolute Gasteiger partial charge is 0.497 e. The molecule has 0 saturated carbocycles. The SMILES string of the molecule is CCN(CC(=O)Nc1ccc(S(N)(=O)=O)cc1)S(=O)(=O)c1ccc(OC)cc1. The van der Waals surface area contributed by atoms with Gasteiger partial charge in [0.15, 0.2) is 0 Å². The van der Waals surface area contributed by atoms with Crippen molar-refractivity contribution < 1.29 is 26.4 Å². The maximum atomic E-state index is 12.7. The van der Waals surface area contributed by atoms with Crippen LogP contribution in [0.2, 0.25) is 0 Å². The van der Waals surface area contributed by atoms with Crippen LogP contribution in [0.25, 0.3) is 0 Å². The summed E-state index contributed by atoms with van der Waals surface area (Å²) in [6.45, 7) is 1.31. The van der Waals surface area contributed by atoms with Crippen molar-refractivity contribution >= 4 is 31.6 Å². The Morgan fingerprint density at radius 3 is 2.00 bits per heavy atom. The Balaban J connectivity index is 2.11. The summed E-state index contributed by atoms with van der Waals surface area (Å²) in [6.07, 6.45) is 0. The normalized spacial score (nSPS) is 12.0. The fraction of sp³-hybridized carbons (Fsp3) is 0.235. The van der Waals surface area contributed by atoms with Crippen molar-refractivity contribution in [1.29, 1.82) is 0 Å². The van der Waals surface area contributed by atoms with Gasteiger partial charge >= 0.3 is 0 Å². The molecular formula is C17H21N3O6S2. The lowest BCUT2D eigenvalue weighted by Crippen LogP contribution is -2.37. The molecule has 0 atom stereocenters. The number of methoxy groups -OCH3 is 1. The van der Waals surface area contributed by atoms with Gasteiger partial charge in [-0.15, -0.1) is 0 Å². The summed E-state index contributed by atoms with van der Waals surface area (Å²) in [5.74, 6) is -0.0509. The second kappa shape index (κ2) is 8.69. The number of primary sulfonamides is 1. The molecule has 11 heteroatoms. The van der Waals surface area contributed by atoms with Crippen LogP contribution in [0.1, 0.15) is 6.92 Å². The van der Waals surface area contributed by atoms with Crippen molar-refractivity contribution in [2.45, 2.75) is 16.7 Å². The van der Waals surface area contributed by atoms with Gasteiger partial charge in [0.05, 0.1) is 23.4 Å². The van der Waals surface area contributed by atoms with E-state index in [-0.39, 0.29) is 16.3 Å². The number of ether oxygens (including phenoxy) is 1. The first-order valence-electron chi connectivity index (χ1n) is 8.15. The molecule has 0 unspecified atom stereocenters. The number of carbonyl (C=O) groups excluding carboxylic acids is 1. The Labute approximate surface area is 164 Å². The van der Waals surface area contributed by atoms with Gasteiger partial charge in [-0.2, -0.15) is 4.31 Å². The fourth-order valence-electron chi connectivity index (χ4n) is 2.35. The molecule has 3 N–H and O–H groups in total. The highest BCUT2D eigenvalue weighted by atomic mass is 32.2. The molecule has 0 fully saturated rings. The Morgan fingerprint density at radius 1 is 1.00 bits per heavy atom. The number of likely N-dealkylation sites (N-methyl/N-ethyl adjacent to an activating group) is 1. The smallest absolute Gasteiger partial charge is 0.243 e. The highest BCUT2D eigenvalue weighted by Gasteiger charge is 2.25. The number of sulfonamides is 2. The number of rotatable bonds is 8. The van der Waals surface area contributed by atoms with Crippen LogP contribution >= 0.6 is 0 Å². The molecule has 2 rings (SSSR count). The van der Waals surface area contributed by atoms with Crippen LogP contribution < -0.4 is 15.2 Å². The van der Waals surface area contributed by atoms with Gasteiger partial charge in [0, 0.05) is 12.2 Å². The van der Waals surface area contributed by atoms with Crippen LogP contribution in [0.4, 0.5) is 5.69 Å². The molecule has 0 saturated heterocycles. The predicted octanol–water partition coefficient (Wildman–Crippen LogP) is 0.992. The molecule has 0 aliphatic heterocycles. The molecule has 0 radical (unpaired) electrons. The lowest BCUT2D eigenvalue weighted by atomic mass is 10.3. The Bertz CT molecular complexity index is 1030. The lowest BCUT2D eigenvalue weighted by Gasteiger charge is -2.20. The van der Waals surface area contributed by atoms with E-state index in [1.165, 1.54) is 55.6 Å². The van der Waals surface area contributed by atoms with E-state index in [4.69, 9.17) is 9.88 Å². The second-order valence-corrected chi connectivity index (χ2v) is 9.22. The minimum atomic E-state index is -3.87. The average molecular weight is 428 g/mol. The number of carbonyl (C=O) groups is 1. The first-order valence-corrected chi connectivity index (χ1v) is 11.1. The Morgan fingerprint density at radius 2 is 1.54 bits per heavy atom. The quantitative estimate of drug-likeness (QED) is 0.645. The number of nitrogens with zero attached hydrogens (tertiary/aromatic N) is 1. The van der Waals surface area contributed by atoms with Gasteiger partial charge in [0.25, 0.3) is 0 Å². The van der Waals surface area contributed by atoms with Crippen LogP contribution in [0.3, 0.4) is 0 Å². The van der Waals surface area contributed by atoms with E-state index >= 15 is 0 Å². The highest BCUT2D eigenvalue weighted by molar-refractivity contribution is 7.89. The van der Waals surface area contributed by atoms with Crippen molar-refractivity contribution in [2.24, 2.45) is 5.14 Å². The van der Waals surface area contributed by atoms with Crippen LogP contribution in [-0.2, 0) is 24.8 Å². The number of nitrogens with two attached hydrogens (primary N) is 1. The fourth-order valence-corrected chi connectivity index (χ4v) is 4.27. The summed E-state index contributed by atoms with van der Waals surface area (Å²) < 4.78 is 54.0. The second-order valence-electron chi connectivity index (χ2n) is 5.72. The van der Waals surface area contributed by atoms with E-state index in [1.807, 2.05) is 0 Å². The van der Waals surface area contributed by atoms with E-state index in [0.29, 0.717) is 11.4 Å². The Kier molecular flexibility index (Phi) is 6.77. The molecule has 2 aromatic rings. The van der Waals surface area contributed by atoms with Crippen LogP contribution in [0.5, 0.6) is 5.75 Å². The molecule has 28 heavy (non-hydrogen) atoms. The monoisotopic (exact) mass is 427 g/mol. The number of nitrogens with one attached hydrogen (secondary N) is 1. The van der Waals surface area contributed by atoms with Gasteiger partial charge in [-0.25, -0.2) is 22.0 Å². The molecule has 9 nitrogen and oxygen atoms in total. The maximum Gasteiger partial charge on any atom is 0.243 e. The van der Waals surface area contributed by atoms with Crippen molar-refractivity contribution in [3.05, 3.63) is 48.5 Å². The molecule has 152 valence electrons. The third-order valence-electron chi connectivity index (χ3n) is 3.84. The number of benzene rings is 2. The zero-order valence-electron chi connectivity index (χ0n) is 15.3. The molecule has 0 aliphatic rings. The summed E-state index contributed by atoms with van der Waals surface area (Å²) >= 11 is 0. The number of amides is 1. The number of anilines is 1. The molecular weight excluding hydrogens is 406 g/mol. The Hall–Kier alpha value is -2.47. The van der Waals surface area contributed by atoms with Crippen molar-refractivity contribution in [3.63, 3.8) is 0 Å². The minimum Gasteiger partial charge on any atom is -0.497 e. The lowest BCUT2D eigenvalue weighted by molar-refractivity contribution is -0.116. The van der Waals surface area contributed by atoms with Crippen molar-refractivity contribution in [1.82, 2.24) is 4.31 Å². The van der Waals surface area contributed by atoms with E-state index in [1.54, 1.807) is 6.92 Å². The third kappa shape index (κ3) is 5.29. The van der Waals surface area contributed by atoms with E-state index in [0.717, 1.165) is 4.31 Å². The average Bonchev–Trinajstić information content (AvgIpc) is 2.65. The predicted molar refractivity (Wildman–Crippen MR) is 104 cm³/mol. The van der Waals surface area contributed by atoms with Gasteiger partial charge in [-0.05, 0) is 48.5 Å². The summed E-state index contributed by atoms with van der Waals surface area (Å²) in [4.78, 5) is 12.2. The zero-order valence-corrected chi connectivity index (χ0v) is 17.0. The standard InChI is InChI=1S/C17H21N3O6S2/c1-3-20(28(24,25)16-10-6-14(26-2)7-11-16)12-17(21)19-13-4-8-15(9-5-13)27(18,22)23/h4-11H,3,12H2,1-2H3,(H,19,21)(H2,18,22,23). The van der Waals surface area contributed by atoms with Crippen molar-refractivity contribution in [3.8, 4) is 5.75 Å². The molecule has 1 amide bonds. The molecule has 0 spiro atoms. The topological polar surface area (TPSA) is 136 Å². The molecule has 0 aliphatic carbocycles. The molecule has 0 heterocycles. The van der Waals surface area contributed by atoms with Gasteiger partial charge in [-0.1, -0.05) is 6.92 Å². The van der Waals surface area contributed by atoms with E-state index in [2.05, 4.69) is 5.32 Å².